The topological polar surface area (TPSA) is 97.2 Å². The van der Waals surface area contributed by atoms with Gasteiger partial charge in [-0.25, -0.2) is 9.78 Å². The van der Waals surface area contributed by atoms with Gasteiger partial charge in [0.1, 0.15) is 11.2 Å². The summed E-state index contributed by atoms with van der Waals surface area (Å²) in [5, 5.41) is 8.79. The Balaban J connectivity index is 2.74. The van der Waals surface area contributed by atoms with Gasteiger partial charge in [0.15, 0.2) is 23.7 Å². The predicted octanol–water partition coefficient (Wildman–Crippen LogP) is 1.21. The third-order valence-electron chi connectivity index (χ3n) is 2.70. The molecule has 0 aliphatic heterocycles. The molecule has 0 unspecified atom stereocenters. The van der Waals surface area contributed by atoms with E-state index in [1.54, 1.807) is 0 Å². The Kier molecular flexibility index (Phi) is 3.39. The Hall–Kier alpha value is -2.52. The minimum Gasteiger partial charge on any atom is -0.481 e. The Morgan fingerprint density at radius 2 is 2.10 bits per heavy atom. The second-order valence-corrected chi connectivity index (χ2v) is 4.30. The lowest BCUT2D eigenvalue weighted by molar-refractivity contribution is -0.153. The van der Waals surface area contributed by atoms with Gasteiger partial charge in [0.05, 0.1) is 0 Å². The summed E-state index contributed by atoms with van der Waals surface area (Å²) >= 11 is 0. The van der Waals surface area contributed by atoms with E-state index in [9.17, 15) is 22.8 Å². The second kappa shape index (κ2) is 4.79. The van der Waals surface area contributed by atoms with Gasteiger partial charge in [-0.2, -0.15) is 13.2 Å². The zero-order chi connectivity index (χ0) is 15.9. The number of rotatable bonds is 3. The number of carbonyl (C=O) groups is 1. The van der Waals surface area contributed by atoms with Gasteiger partial charge in [0, 0.05) is 7.05 Å². The van der Waals surface area contributed by atoms with Crippen LogP contribution < -0.4 is 10.3 Å². The summed E-state index contributed by atoms with van der Waals surface area (Å²) < 4.78 is 42.3. The SMILES string of the molecule is Cc1nc2c(c(OCC(F)(F)F)c(C(=O)O)n2C)c(=O)[nH]1. The number of hydrogen-bond acceptors (Lipinski definition) is 4. The van der Waals surface area contributed by atoms with E-state index in [2.05, 4.69) is 14.7 Å². The van der Waals surface area contributed by atoms with Gasteiger partial charge in [0.2, 0.25) is 0 Å². The standard InChI is InChI=1S/C11H10F3N3O4/c1-4-15-8-5(9(18)16-4)7(21-3-11(12,13)14)6(10(19)20)17(8)2/h3H2,1-2H3,(H,19,20)(H,15,16,18). The van der Waals surface area contributed by atoms with E-state index in [1.165, 1.54) is 14.0 Å². The molecule has 0 aliphatic rings. The number of carboxylic acids is 1. The number of fused-ring (bicyclic) bond motifs is 1. The highest BCUT2D eigenvalue weighted by molar-refractivity contribution is 5.99. The van der Waals surface area contributed by atoms with E-state index in [1.807, 2.05) is 0 Å². The lowest BCUT2D eigenvalue weighted by Gasteiger charge is -2.09. The molecule has 2 aromatic heterocycles. The summed E-state index contributed by atoms with van der Waals surface area (Å²) in [7, 11) is 1.28. The average molecular weight is 305 g/mol. The summed E-state index contributed by atoms with van der Waals surface area (Å²) in [6.45, 7) is -0.246. The molecule has 0 bridgehead atoms. The van der Waals surface area contributed by atoms with Gasteiger partial charge in [-0.3, -0.25) is 4.79 Å². The molecule has 7 nitrogen and oxygen atoms in total. The van der Waals surface area contributed by atoms with E-state index < -0.39 is 35.8 Å². The van der Waals surface area contributed by atoms with E-state index in [0.29, 0.717) is 0 Å². The summed E-state index contributed by atoms with van der Waals surface area (Å²) in [4.78, 5) is 29.3. The molecular weight excluding hydrogens is 295 g/mol. The number of H-pyrrole nitrogens is 1. The number of alkyl halides is 3. The van der Waals surface area contributed by atoms with Crippen molar-refractivity contribution < 1.29 is 27.8 Å². The minimum atomic E-state index is -4.66. The molecule has 0 aromatic carbocycles. The molecule has 0 fully saturated rings. The van der Waals surface area contributed by atoms with Gasteiger partial charge in [-0.05, 0) is 6.92 Å². The zero-order valence-electron chi connectivity index (χ0n) is 10.9. The van der Waals surface area contributed by atoms with Crippen LogP contribution in [0.5, 0.6) is 5.75 Å². The number of aromatic carboxylic acids is 1. The number of nitrogens with one attached hydrogen (secondary N) is 1. The second-order valence-electron chi connectivity index (χ2n) is 4.30. The predicted molar refractivity (Wildman–Crippen MR) is 64.6 cm³/mol. The first-order valence-electron chi connectivity index (χ1n) is 5.64. The van der Waals surface area contributed by atoms with Crippen LogP contribution in [0.4, 0.5) is 13.2 Å². The summed E-state index contributed by atoms with van der Waals surface area (Å²) in [5.41, 5.74) is -1.40. The van der Waals surface area contributed by atoms with Crippen LogP contribution in [0.25, 0.3) is 11.0 Å². The number of halogens is 3. The van der Waals surface area contributed by atoms with Crippen molar-refractivity contribution in [3.05, 3.63) is 21.9 Å². The Morgan fingerprint density at radius 1 is 1.48 bits per heavy atom. The molecule has 0 radical (unpaired) electrons. The molecule has 10 heteroatoms. The molecule has 2 heterocycles. The first-order valence-corrected chi connectivity index (χ1v) is 5.64. The van der Waals surface area contributed by atoms with Crippen LogP contribution in [0.15, 0.2) is 4.79 Å². The van der Waals surface area contributed by atoms with Crippen LogP contribution in [0.3, 0.4) is 0 Å². The van der Waals surface area contributed by atoms with Crippen molar-refractivity contribution in [2.75, 3.05) is 6.61 Å². The van der Waals surface area contributed by atoms with Crippen LogP contribution >= 0.6 is 0 Å². The highest BCUT2D eigenvalue weighted by atomic mass is 19.4. The van der Waals surface area contributed by atoms with Crippen molar-refractivity contribution in [3.63, 3.8) is 0 Å². The Morgan fingerprint density at radius 3 is 2.62 bits per heavy atom. The van der Waals surface area contributed by atoms with Gasteiger partial charge in [0.25, 0.3) is 5.56 Å². The van der Waals surface area contributed by atoms with Crippen LogP contribution in [-0.2, 0) is 7.05 Å². The van der Waals surface area contributed by atoms with Gasteiger partial charge >= 0.3 is 12.1 Å². The molecule has 0 saturated heterocycles. The monoisotopic (exact) mass is 305 g/mol. The van der Waals surface area contributed by atoms with E-state index in [0.717, 1.165) is 4.57 Å². The van der Waals surface area contributed by atoms with Crippen molar-refractivity contribution in [2.24, 2.45) is 7.05 Å². The maximum atomic E-state index is 12.3. The number of carboxylic acid groups (broad SMARTS) is 1. The van der Waals surface area contributed by atoms with E-state index in [-0.39, 0.29) is 16.9 Å². The van der Waals surface area contributed by atoms with Crippen molar-refractivity contribution in [1.29, 1.82) is 0 Å². The molecule has 2 N–H and O–H groups in total. The van der Waals surface area contributed by atoms with Crippen LogP contribution in [0, 0.1) is 6.92 Å². The highest BCUT2D eigenvalue weighted by Crippen LogP contribution is 2.30. The number of ether oxygens (including phenoxy) is 1. The first kappa shape index (κ1) is 14.9. The van der Waals surface area contributed by atoms with E-state index in [4.69, 9.17) is 5.11 Å². The third kappa shape index (κ3) is 2.69. The Bertz CT molecular complexity index is 776. The van der Waals surface area contributed by atoms with Crippen molar-refractivity contribution in [1.82, 2.24) is 14.5 Å². The smallest absolute Gasteiger partial charge is 0.422 e. The molecule has 0 spiro atoms. The molecule has 2 aromatic rings. The number of nitrogens with zero attached hydrogens (tertiary/aromatic N) is 2. The highest BCUT2D eigenvalue weighted by Gasteiger charge is 2.32. The molecule has 0 amide bonds. The Labute approximate surface area is 115 Å². The summed E-state index contributed by atoms with van der Waals surface area (Å²) in [6, 6.07) is 0. The molecule has 0 aliphatic carbocycles. The van der Waals surface area contributed by atoms with Crippen LogP contribution in [-0.4, -0.2) is 38.4 Å². The molecule has 21 heavy (non-hydrogen) atoms. The maximum Gasteiger partial charge on any atom is 0.422 e. The van der Waals surface area contributed by atoms with Crippen molar-refractivity contribution >= 4 is 17.0 Å². The number of aryl methyl sites for hydroxylation is 2. The maximum absolute atomic E-state index is 12.3. The fourth-order valence-corrected chi connectivity index (χ4v) is 1.93. The third-order valence-corrected chi connectivity index (χ3v) is 2.70. The van der Waals surface area contributed by atoms with E-state index >= 15 is 0 Å². The van der Waals surface area contributed by atoms with Gasteiger partial charge in [-0.15, -0.1) is 0 Å². The zero-order valence-corrected chi connectivity index (χ0v) is 10.9. The minimum absolute atomic E-state index is 0.0641. The number of aromatic nitrogens is 3. The van der Waals surface area contributed by atoms with Gasteiger partial charge in [-0.1, -0.05) is 0 Å². The molecular formula is C11H10F3N3O4. The lowest BCUT2D eigenvalue weighted by Crippen LogP contribution is -2.21. The molecule has 2 rings (SSSR count). The fourth-order valence-electron chi connectivity index (χ4n) is 1.93. The van der Waals surface area contributed by atoms with Crippen molar-refractivity contribution in [3.8, 4) is 5.75 Å². The fraction of sp³-hybridized carbons (Fsp3) is 0.364. The van der Waals surface area contributed by atoms with Crippen molar-refractivity contribution in [2.45, 2.75) is 13.1 Å². The first-order chi connectivity index (χ1) is 9.61. The van der Waals surface area contributed by atoms with Crippen LogP contribution in [0.2, 0.25) is 0 Å². The van der Waals surface area contributed by atoms with Crippen LogP contribution in [0.1, 0.15) is 16.3 Å². The molecule has 0 saturated carbocycles. The summed E-state index contributed by atoms with van der Waals surface area (Å²) in [6.07, 6.45) is -4.66. The lowest BCUT2D eigenvalue weighted by atomic mass is 10.3. The van der Waals surface area contributed by atoms with Gasteiger partial charge < -0.3 is 19.4 Å². The summed E-state index contributed by atoms with van der Waals surface area (Å²) in [5.74, 6) is -1.97. The molecule has 114 valence electrons. The quantitative estimate of drug-likeness (QED) is 0.888. The largest absolute Gasteiger partial charge is 0.481 e. The average Bonchev–Trinajstić information content (AvgIpc) is 2.59. The number of aromatic amines is 1. The number of hydrogen-bond donors (Lipinski definition) is 2. The normalized spacial score (nSPS) is 11.9. The molecule has 0 atom stereocenters.